The number of carbonyl (C=O) groups is 2. The summed E-state index contributed by atoms with van der Waals surface area (Å²) >= 11 is 0. The molecule has 6 nitrogen and oxygen atoms in total. The van der Waals surface area contributed by atoms with E-state index in [1.807, 2.05) is 30.4 Å². The number of hydrogen-bond acceptors (Lipinski definition) is 6. The summed E-state index contributed by atoms with van der Waals surface area (Å²) in [6.45, 7) is 3.64. The fourth-order valence-electron chi connectivity index (χ4n) is 5.84. The third kappa shape index (κ3) is 3.80. The van der Waals surface area contributed by atoms with Crippen LogP contribution in [0.1, 0.15) is 49.4 Å². The van der Waals surface area contributed by atoms with Crippen molar-refractivity contribution in [3.8, 4) is 5.75 Å². The summed E-state index contributed by atoms with van der Waals surface area (Å²) in [6.07, 6.45) is 9.32. The number of hydrogen-bond donors (Lipinski definition) is 1. The van der Waals surface area contributed by atoms with Crippen molar-refractivity contribution in [3.63, 3.8) is 0 Å². The molecule has 0 saturated carbocycles. The molecule has 2 heterocycles. The minimum absolute atomic E-state index is 0.158. The maximum Gasteiger partial charge on any atom is 0.196 e. The van der Waals surface area contributed by atoms with Gasteiger partial charge in [-0.3, -0.25) is 14.5 Å². The van der Waals surface area contributed by atoms with Gasteiger partial charge in [-0.15, -0.1) is 0 Å². The van der Waals surface area contributed by atoms with Crippen LogP contribution in [0.4, 0.5) is 11.4 Å². The van der Waals surface area contributed by atoms with Crippen LogP contribution in [0.3, 0.4) is 0 Å². The Morgan fingerprint density at radius 2 is 1.71 bits per heavy atom. The maximum absolute atomic E-state index is 13.7. The van der Waals surface area contributed by atoms with Gasteiger partial charge in [0.1, 0.15) is 11.4 Å². The average Bonchev–Trinajstić information content (AvgIpc) is 2.96. The third-order valence-corrected chi connectivity index (χ3v) is 7.76. The molecule has 0 amide bonds. The lowest BCUT2D eigenvalue weighted by atomic mass is 9.81. The van der Waals surface area contributed by atoms with Crippen molar-refractivity contribution in [2.45, 2.75) is 25.5 Å². The fraction of sp³-hybridized carbons (Fsp3) is 0.219. The van der Waals surface area contributed by atoms with E-state index in [0.717, 1.165) is 38.2 Å². The summed E-state index contributed by atoms with van der Waals surface area (Å²) in [5.74, 6) is 0.173. The van der Waals surface area contributed by atoms with Gasteiger partial charge in [0, 0.05) is 49.1 Å². The van der Waals surface area contributed by atoms with Crippen molar-refractivity contribution in [3.05, 3.63) is 112 Å². The second-order valence-corrected chi connectivity index (χ2v) is 10.1. The number of nitrogens with zero attached hydrogens (tertiary/aromatic N) is 2. The lowest BCUT2D eigenvalue weighted by Gasteiger charge is -2.30. The van der Waals surface area contributed by atoms with Crippen molar-refractivity contribution in [2.75, 3.05) is 25.0 Å². The lowest BCUT2D eigenvalue weighted by Crippen LogP contribution is -2.32. The summed E-state index contributed by atoms with van der Waals surface area (Å²) in [4.78, 5) is 34.7. The summed E-state index contributed by atoms with van der Waals surface area (Å²) in [5.41, 5.74) is 6.21. The Bertz CT molecular complexity index is 1580. The van der Waals surface area contributed by atoms with Crippen LogP contribution >= 0.6 is 0 Å². The Hall–Kier alpha value is -4.29. The minimum atomic E-state index is -0.304. The van der Waals surface area contributed by atoms with Crippen molar-refractivity contribution in [2.24, 2.45) is 4.99 Å². The Morgan fingerprint density at radius 3 is 2.55 bits per heavy atom. The Balaban J connectivity index is 1.18. The molecule has 4 aliphatic rings. The number of ether oxygens (including phenoxy) is 1. The molecule has 1 atom stereocenters. The normalized spacial score (nSPS) is 18.9. The van der Waals surface area contributed by atoms with Crippen LogP contribution in [0.5, 0.6) is 5.75 Å². The highest BCUT2D eigenvalue weighted by Gasteiger charge is 2.37. The molecule has 0 fully saturated rings. The van der Waals surface area contributed by atoms with E-state index in [9.17, 15) is 9.59 Å². The van der Waals surface area contributed by atoms with Gasteiger partial charge in [-0.2, -0.15) is 0 Å². The van der Waals surface area contributed by atoms with Crippen molar-refractivity contribution < 1.29 is 14.3 Å². The highest BCUT2D eigenvalue weighted by Crippen LogP contribution is 2.46. The smallest absolute Gasteiger partial charge is 0.196 e. The Labute approximate surface area is 221 Å². The number of carbonyl (C=O) groups excluding carboxylic acids is 2. The van der Waals surface area contributed by atoms with Crippen LogP contribution in [0.15, 0.2) is 83.9 Å². The molecule has 0 aromatic heterocycles. The van der Waals surface area contributed by atoms with Gasteiger partial charge >= 0.3 is 0 Å². The van der Waals surface area contributed by atoms with Gasteiger partial charge in [-0.1, -0.05) is 60.7 Å². The zero-order chi connectivity index (χ0) is 25.6. The molecular formula is C32H27N3O3. The molecule has 2 aliphatic carbocycles. The second-order valence-electron chi connectivity index (χ2n) is 10.1. The van der Waals surface area contributed by atoms with Gasteiger partial charge in [0.15, 0.2) is 17.7 Å². The predicted molar refractivity (Wildman–Crippen MR) is 148 cm³/mol. The first-order valence-electron chi connectivity index (χ1n) is 13.2. The van der Waals surface area contributed by atoms with E-state index in [2.05, 4.69) is 34.5 Å². The largest absolute Gasteiger partial charge is 0.478 e. The average molecular weight is 502 g/mol. The van der Waals surface area contributed by atoms with Crippen LogP contribution in [0.25, 0.3) is 0 Å². The molecule has 1 unspecified atom stereocenters. The molecule has 188 valence electrons. The zero-order valence-corrected chi connectivity index (χ0v) is 20.9. The molecule has 0 spiro atoms. The first-order valence-corrected chi connectivity index (χ1v) is 13.2. The van der Waals surface area contributed by atoms with E-state index in [4.69, 9.17) is 9.73 Å². The molecular weight excluding hydrogens is 474 g/mol. The molecule has 0 saturated heterocycles. The molecule has 3 aromatic carbocycles. The van der Waals surface area contributed by atoms with Crippen LogP contribution in [0.2, 0.25) is 0 Å². The molecule has 0 bridgehead atoms. The molecule has 7 rings (SSSR count). The fourth-order valence-corrected chi connectivity index (χ4v) is 5.84. The molecule has 6 heteroatoms. The standard InChI is InChI=1S/C32H27N3O3/c36-31-22-10-3-4-11-23(22)32(37)29-28(31)25(18-27-30(29)34-24-12-5-6-13-26(24)38-27)33-15-7-16-35-17-14-20-8-1-2-9-21(20)19-35/h1-6,8-13,18,26,33H,7,14-17,19H2. The summed E-state index contributed by atoms with van der Waals surface area (Å²) in [7, 11) is 0. The van der Waals surface area contributed by atoms with Crippen LogP contribution in [0, 0.1) is 0 Å². The first kappa shape index (κ1) is 22.9. The van der Waals surface area contributed by atoms with Crippen molar-refractivity contribution in [1.29, 1.82) is 0 Å². The number of allylic oxidation sites excluding steroid dienone is 2. The highest BCUT2D eigenvalue weighted by molar-refractivity contribution is 6.32. The lowest BCUT2D eigenvalue weighted by molar-refractivity contribution is 0.0979. The number of fused-ring (bicyclic) bond motifs is 6. The van der Waals surface area contributed by atoms with E-state index in [-0.39, 0.29) is 17.7 Å². The van der Waals surface area contributed by atoms with E-state index >= 15 is 0 Å². The molecule has 2 aliphatic heterocycles. The topological polar surface area (TPSA) is 71.0 Å². The Kier molecular flexibility index (Phi) is 5.55. The number of aliphatic imine (C=N–C) groups is 1. The number of ketones is 2. The quantitative estimate of drug-likeness (QED) is 0.377. The monoisotopic (exact) mass is 501 g/mol. The minimum Gasteiger partial charge on any atom is -0.478 e. The molecule has 3 aromatic rings. The summed E-state index contributed by atoms with van der Waals surface area (Å²) in [6, 6.07) is 17.5. The number of anilines is 1. The van der Waals surface area contributed by atoms with Gasteiger partial charge in [0.05, 0.1) is 16.8 Å². The second kappa shape index (κ2) is 9.23. The first-order chi connectivity index (χ1) is 18.7. The van der Waals surface area contributed by atoms with Crippen molar-refractivity contribution in [1.82, 2.24) is 4.90 Å². The Morgan fingerprint density at radius 1 is 0.947 bits per heavy atom. The maximum atomic E-state index is 13.7. The zero-order valence-electron chi connectivity index (χ0n) is 20.9. The number of nitrogens with one attached hydrogen (secondary N) is 1. The SMILES string of the molecule is O=C1c2ccccc2C(=O)c2c3c(cc(NCCCN4CCc5ccccc5C4)c21)OC1C=CC=CC1=N3. The van der Waals surface area contributed by atoms with Crippen molar-refractivity contribution >= 4 is 28.7 Å². The summed E-state index contributed by atoms with van der Waals surface area (Å²) in [5, 5.41) is 3.48. The van der Waals surface area contributed by atoms with Crippen LogP contribution in [-0.2, 0) is 13.0 Å². The van der Waals surface area contributed by atoms with Crippen LogP contribution < -0.4 is 10.1 Å². The summed E-state index contributed by atoms with van der Waals surface area (Å²) < 4.78 is 6.27. The third-order valence-electron chi connectivity index (χ3n) is 7.76. The number of rotatable bonds is 5. The van der Waals surface area contributed by atoms with Gasteiger partial charge in [-0.05, 0) is 36.1 Å². The van der Waals surface area contributed by atoms with Gasteiger partial charge in [0.2, 0.25) is 0 Å². The predicted octanol–water partition coefficient (Wildman–Crippen LogP) is 5.28. The van der Waals surface area contributed by atoms with E-state index in [1.165, 1.54) is 11.1 Å². The molecule has 0 radical (unpaired) electrons. The van der Waals surface area contributed by atoms with Gasteiger partial charge in [-0.25, -0.2) is 4.99 Å². The van der Waals surface area contributed by atoms with E-state index in [1.54, 1.807) is 24.3 Å². The number of benzene rings is 3. The molecule has 1 N–H and O–H groups in total. The van der Waals surface area contributed by atoms with Crippen LogP contribution in [-0.4, -0.2) is 47.9 Å². The highest BCUT2D eigenvalue weighted by atomic mass is 16.5. The van der Waals surface area contributed by atoms with E-state index < -0.39 is 0 Å². The van der Waals surface area contributed by atoms with Gasteiger partial charge < -0.3 is 10.1 Å². The molecule has 38 heavy (non-hydrogen) atoms. The van der Waals surface area contributed by atoms with Gasteiger partial charge in [0.25, 0.3) is 0 Å². The van der Waals surface area contributed by atoms with E-state index in [0.29, 0.717) is 45.9 Å².